The lowest BCUT2D eigenvalue weighted by molar-refractivity contribution is -0.120. The van der Waals surface area contributed by atoms with Crippen molar-refractivity contribution in [3.63, 3.8) is 0 Å². The molecule has 0 saturated heterocycles. The van der Waals surface area contributed by atoms with Gasteiger partial charge in [-0.1, -0.05) is 48.2 Å². The van der Waals surface area contributed by atoms with Crippen LogP contribution in [0.25, 0.3) is 20.7 Å². The highest BCUT2D eigenvalue weighted by atomic mass is 32.2. The number of rotatable bonds is 6. The summed E-state index contributed by atoms with van der Waals surface area (Å²) < 4.78 is 0. The maximum absolute atomic E-state index is 12.1. The number of aromatic nitrogens is 2. The number of hydrogen-bond donors (Lipinski definition) is 1. The van der Waals surface area contributed by atoms with E-state index in [0.29, 0.717) is 6.54 Å². The van der Waals surface area contributed by atoms with Crippen LogP contribution in [0.5, 0.6) is 0 Å². The fraction of sp³-hybridized carbons (Fsp3) is 0.211. The summed E-state index contributed by atoms with van der Waals surface area (Å²) in [6.45, 7) is 7.86. The molecular weight excluding hydrogens is 350 g/mol. The third kappa shape index (κ3) is 4.08. The highest BCUT2D eigenvalue weighted by Crippen LogP contribution is 2.37. The molecule has 0 saturated carbocycles. The molecule has 0 spiro atoms. The Kier molecular flexibility index (Phi) is 5.50. The van der Waals surface area contributed by atoms with Crippen LogP contribution in [-0.4, -0.2) is 27.7 Å². The minimum absolute atomic E-state index is 0.0205. The highest BCUT2D eigenvalue weighted by Gasteiger charge is 2.18. The van der Waals surface area contributed by atoms with Gasteiger partial charge < -0.3 is 5.32 Å². The van der Waals surface area contributed by atoms with Crippen molar-refractivity contribution in [3.8, 4) is 10.4 Å². The van der Waals surface area contributed by atoms with E-state index in [-0.39, 0.29) is 11.2 Å². The van der Waals surface area contributed by atoms with Crippen molar-refractivity contribution < 1.29 is 4.79 Å². The van der Waals surface area contributed by atoms with Gasteiger partial charge in [0.25, 0.3) is 0 Å². The van der Waals surface area contributed by atoms with E-state index in [2.05, 4.69) is 40.1 Å². The molecule has 1 N–H and O–H groups in total. The molecule has 25 heavy (non-hydrogen) atoms. The van der Waals surface area contributed by atoms with Gasteiger partial charge in [-0.25, -0.2) is 9.97 Å². The van der Waals surface area contributed by atoms with Crippen molar-refractivity contribution in [2.45, 2.75) is 24.1 Å². The lowest BCUT2D eigenvalue weighted by atomic mass is 10.2. The Labute approximate surface area is 155 Å². The molecule has 6 heteroatoms. The standard InChI is InChI=1S/C19H19N3OS2/c1-4-10-20-17(23)12(2)24-18-15-11-16(14-8-6-5-7-9-14)25-19(15)22-13(3)21-18/h4-9,11-12H,1,10H2,2-3H3,(H,20,23)/t12-/m1/s1. The summed E-state index contributed by atoms with van der Waals surface area (Å²) in [7, 11) is 0. The van der Waals surface area contributed by atoms with E-state index >= 15 is 0 Å². The molecule has 1 amide bonds. The molecule has 2 aromatic heterocycles. The summed E-state index contributed by atoms with van der Waals surface area (Å²) in [5, 5.41) is 4.44. The van der Waals surface area contributed by atoms with Crippen molar-refractivity contribution in [1.29, 1.82) is 0 Å². The van der Waals surface area contributed by atoms with Gasteiger partial charge in [-0.3, -0.25) is 4.79 Å². The maximum Gasteiger partial charge on any atom is 0.233 e. The average Bonchev–Trinajstić information content (AvgIpc) is 3.04. The van der Waals surface area contributed by atoms with Crippen LogP contribution in [0.4, 0.5) is 0 Å². The zero-order chi connectivity index (χ0) is 17.8. The van der Waals surface area contributed by atoms with Crippen LogP contribution in [0, 0.1) is 6.92 Å². The molecule has 0 radical (unpaired) electrons. The second kappa shape index (κ2) is 7.80. The number of carbonyl (C=O) groups is 1. The molecule has 3 aromatic rings. The number of benzene rings is 1. The Morgan fingerprint density at radius 1 is 1.36 bits per heavy atom. The molecule has 0 aliphatic carbocycles. The number of hydrogen-bond acceptors (Lipinski definition) is 5. The topological polar surface area (TPSA) is 54.9 Å². The van der Waals surface area contributed by atoms with Gasteiger partial charge in [0.1, 0.15) is 15.7 Å². The van der Waals surface area contributed by atoms with Crippen LogP contribution in [0.3, 0.4) is 0 Å². The summed E-state index contributed by atoms with van der Waals surface area (Å²) in [6.07, 6.45) is 1.67. The highest BCUT2D eigenvalue weighted by molar-refractivity contribution is 8.00. The van der Waals surface area contributed by atoms with E-state index in [1.54, 1.807) is 17.4 Å². The van der Waals surface area contributed by atoms with E-state index in [4.69, 9.17) is 0 Å². The summed E-state index contributed by atoms with van der Waals surface area (Å²) in [4.78, 5) is 23.4. The fourth-order valence-corrected chi connectivity index (χ4v) is 4.51. The Morgan fingerprint density at radius 2 is 2.12 bits per heavy atom. The van der Waals surface area contributed by atoms with E-state index in [1.807, 2.05) is 32.0 Å². The van der Waals surface area contributed by atoms with E-state index in [1.165, 1.54) is 11.8 Å². The number of nitrogens with one attached hydrogen (secondary N) is 1. The number of fused-ring (bicyclic) bond motifs is 1. The van der Waals surface area contributed by atoms with Crippen molar-refractivity contribution in [3.05, 3.63) is 54.9 Å². The quantitative estimate of drug-likeness (QED) is 0.396. The van der Waals surface area contributed by atoms with Gasteiger partial charge in [-0.2, -0.15) is 0 Å². The zero-order valence-corrected chi connectivity index (χ0v) is 15.8. The van der Waals surface area contributed by atoms with Crippen LogP contribution in [-0.2, 0) is 4.79 Å². The molecule has 128 valence electrons. The predicted molar refractivity (Wildman–Crippen MR) is 106 cm³/mol. The Hall–Kier alpha value is -2.18. The normalized spacial score (nSPS) is 12.1. The molecule has 2 heterocycles. The molecule has 0 bridgehead atoms. The third-order valence-corrected chi connectivity index (χ3v) is 5.79. The minimum atomic E-state index is -0.238. The number of amides is 1. The Balaban J connectivity index is 1.93. The first kappa shape index (κ1) is 17.6. The summed E-state index contributed by atoms with van der Waals surface area (Å²) in [6, 6.07) is 12.3. The molecular formula is C19H19N3OS2. The zero-order valence-electron chi connectivity index (χ0n) is 14.2. The SMILES string of the molecule is C=CCNC(=O)[C@@H](C)Sc1nc(C)nc2sc(-c3ccccc3)cc12. The van der Waals surface area contributed by atoms with E-state index in [9.17, 15) is 4.79 Å². The summed E-state index contributed by atoms with van der Waals surface area (Å²) in [5.74, 6) is 0.697. The predicted octanol–water partition coefficient (Wildman–Crippen LogP) is 4.45. The largest absolute Gasteiger partial charge is 0.352 e. The number of thioether (sulfide) groups is 1. The number of aryl methyl sites for hydroxylation is 1. The second-order valence-corrected chi connectivity index (χ2v) is 7.93. The number of carbonyl (C=O) groups excluding carboxylic acids is 1. The van der Waals surface area contributed by atoms with Gasteiger partial charge in [0.05, 0.1) is 5.25 Å². The maximum atomic E-state index is 12.1. The van der Waals surface area contributed by atoms with Crippen LogP contribution >= 0.6 is 23.1 Å². The number of thiophene rings is 1. The van der Waals surface area contributed by atoms with Crippen LogP contribution in [0.2, 0.25) is 0 Å². The van der Waals surface area contributed by atoms with Gasteiger partial charge in [-0.15, -0.1) is 17.9 Å². The molecule has 0 aliphatic rings. The van der Waals surface area contributed by atoms with Crippen molar-refractivity contribution in [1.82, 2.24) is 15.3 Å². The fourth-order valence-electron chi connectivity index (χ4n) is 2.37. The van der Waals surface area contributed by atoms with E-state index < -0.39 is 0 Å². The molecule has 0 unspecified atom stereocenters. The minimum Gasteiger partial charge on any atom is -0.352 e. The van der Waals surface area contributed by atoms with E-state index in [0.717, 1.165) is 31.5 Å². The van der Waals surface area contributed by atoms with Gasteiger partial charge in [0.2, 0.25) is 5.91 Å². The molecule has 0 fully saturated rings. The van der Waals surface area contributed by atoms with Crippen molar-refractivity contribution in [2.24, 2.45) is 0 Å². The van der Waals surface area contributed by atoms with Crippen molar-refractivity contribution >= 4 is 39.2 Å². The van der Waals surface area contributed by atoms with Gasteiger partial charge in [0.15, 0.2) is 0 Å². The summed E-state index contributed by atoms with van der Waals surface area (Å²) in [5.41, 5.74) is 1.16. The smallest absolute Gasteiger partial charge is 0.233 e. The Morgan fingerprint density at radius 3 is 2.84 bits per heavy atom. The molecule has 1 atom stereocenters. The molecule has 0 aliphatic heterocycles. The first-order valence-corrected chi connectivity index (χ1v) is 9.67. The lowest BCUT2D eigenvalue weighted by Gasteiger charge is -2.11. The average molecular weight is 370 g/mol. The van der Waals surface area contributed by atoms with Gasteiger partial charge in [-0.05, 0) is 25.5 Å². The molecule has 3 rings (SSSR count). The molecule has 1 aromatic carbocycles. The van der Waals surface area contributed by atoms with Gasteiger partial charge in [0, 0.05) is 16.8 Å². The first-order valence-electron chi connectivity index (χ1n) is 7.97. The van der Waals surface area contributed by atoms with Crippen LogP contribution < -0.4 is 5.32 Å². The Bertz CT molecular complexity index is 906. The second-order valence-electron chi connectivity index (χ2n) is 5.57. The third-order valence-electron chi connectivity index (χ3n) is 3.61. The summed E-state index contributed by atoms with van der Waals surface area (Å²) >= 11 is 3.11. The van der Waals surface area contributed by atoms with Gasteiger partial charge >= 0.3 is 0 Å². The van der Waals surface area contributed by atoms with Crippen LogP contribution in [0.15, 0.2) is 54.1 Å². The molecule has 4 nitrogen and oxygen atoms in total. The van der Waals surface area contributed by atoms with Crippen molar-refractivity contribution in [2.75, 3.05) is 6.54 Å². The number of nitrogens with zero attached hydrogens (tertiary/aromatic N) is 2. The van der Waals surface area contributed by atoms with Crippen LogP contribution in [0.1, 0.15) is 12.7 Å². The lowest BCUT2D eigenvalue weighted by Crippen LogP contribution is -2.30. The monoisotopic (exact) mass is 369 g/mol. The first-order chi connectivity index (χ1) is 12.1.